The van der Waals surface area contributed by atoms with Crippen LogP contribution < -0.4 is 10.1 Å². The maximum atomic E-state index is 12.2. The Kier molecular flexibility index (Phi) is 7.00. The van der Waals surface area contributed by atoms with Crippen molar-refractivity contribution in [2.24, 2.45) is 0 Å². The average Bonchev–Trinajstić information content (AvgIpc) is 2.66. The molecule has 27 heavy (non-hydrogen) atoms. The molecule has 0 radical (unpaired) electrons. The van der Waals surface area contributed by atoms with Crippen LogP contribution in [0.25, 0.3) is 0 Å². The Labute approximate surface area is 170 Å². The molecule has 144 valence electrons. The molecule has 6 heteroatoms. The van der Waals surface area contributed by atoms with Gasteiger partial charge in [0.05, 0.1) is 10.0 Å². The smallest absolute Gasteiger partial charge is 0.224 e. The largest absolute Gasteiger partial charge is 0.490 e. The lowest BCUT2D eigenvalue weighted by Crippen LogP contribution is -2.35. The summed E-state index contributed by atoms with van der Waals surface area (Å²) < 4.78 is 6.03. The van der Waals surface area contributed by atoms with Gasteiger partial charge in [-0.05, 0) is 68.3 Å². The third kappa shape index (κ3) is 6.13. The topological polar surface area (TPSA) is 41.6 Å². The van der Waals surface area contributed by atoms with Gasteiger partial charge in [0.1, 0.15) is 11.9 Å². The Hall–Kier alpha value is -1.75. The molecule has 0 unspecified atom stereocenters. The summed E-state index contributed by atoms with van der Waals surface area (Å²) in [6.07, 6.45) is 3.35. The van der Waals surface area contributed by atoms with Gasteiger partial charge in [0, 0.05) is 25.2 Å². The molecule has 1 saturated heterocycles. The summed E-state index contributed by atoms with van der Waals surface area (Å²) in [4.78, 5) is 14.5. The molecule has 0 aromatic heterocycles. The molecule has 0 bridgehead atoms. The van der Waals surface area contributed by atoms with Crippen molar-refractivity contribution in [2.45, 2.75) is 31.8 Å². The zero-order valence-electron chi connectivity index (χ0n) is 15.4. The SMILES string of the molecule is CN1CCC(Oc2ccc(NC(=O)CCc3ccc(Cl)c(Cl)c3)cc2)CC1. The van der Waals surface area contributed by atoms with Crippen molar-refractivity contribution in [3.05, 3.63) is 58.1 Å². The number of anilines is 1. The van der Waals surface area contributed by atoms with Gasteiger partial charge >= 0.3 is 0 Å². The summed E-state index contributed by atoms with van der Waals surface area (Å²) in [6, 6.07) is 13.0. The van der Waals surface area contributed by atoms with E-state index >= 15 is 0 Å². The van der Waals surface area contributed by atoms with E-state index in [0.717, 1.165) is 42.9 Å². The van der Waals surface area contributed by atoms with E-state index in [2.05, 4.69) is 17.3 Å². The van der Waals surface area contributed by atoms with Gasteiger partial charge in [0.15, 0.2) is 0 Å². The lowest BCUT2D eigenvalue weighted by Gasteiger charge is -2.29. The van der Waals surface area contributed by atoms with Crippen molar-refractivity contribution in [1.29, 1.82) is 0 Å². The second-order valence-corrected chi connectivity index (χ2v) is 7.76. The number of piperidine rings is 1. The van der Waals surface area contributed by atoms with Gasteiger partial charge in [-0.25, -0.2) is 0 Å². The number of nitrogens with one attached hydrogen (secondary N) is 1. The first-order valence-electron chi connectivity index (χ1n) is 9.18. The molecule has 0 atom stereocenters. The van der Waals surface area contributed by atoms with E-state index in [1.165, 1.54) is 0 Å². The maximum Gasteiger partial charge on any atom is 0.224 e. The molecule has 0 saturated carbocycles. The minimum Gasteiger partial charge on any atom is -0.490 e. The molecule has 2 aromatic rings. The number of likely N-dealkylation sites (tertiary alicyclic amines) is 1. The van der Waals surface area contributed by atoms with Crippen LogP contribution in [0.3, 0.4) is 0 Å². The fourth-order valence-electron chi connectivity index (χ4n) is 3.09. The first kappa shape index (κ1) is 20.0. The predicted octanol–water partition coefficient (Wildman–Crippen LogP) is 5.04. The first-order valence-corrected chi connectivity index (χ1v) is 9.94. The molecule has 3 rings (SSSR count). The van der Waals surface area contributed by atoms with Gasteiger partial charge in [-0.1, -0.05) is 29.3 Å². The minimum absolute atomic E-state index is 0.0370. The molecule has 4 nitrogen and oxygen atoms in total. The fourth-order valence-corrected chi connectivity index (χ4v) is 3.41. The van der Waals surface area contributed by atoms with Crippen molar-refractivity contribution in [3.63, 3.8) is 0 Å². The number of rotatable bonds is 6. The number of carbonyl (C=O) groups excluding carboxylic acids is 1. The minimum atomic E-state index is -0.0370. The highest BCUT2D eigenvalue weighted by Crippen LogP contribution is 2.24. The number of carbonyl (C=O) groups is 1. The molecule has 0 aliphatic carbocycles. The van der Waals surface area contributed by atoms with Gasteiger partial charge in [0.25, 0.3) is 0 Å². The van der Waals surface area contributed by atoms with Gasteiger partial charge in [-0.3, -0.25) is 4.79 Å². The molecule has 1 aliphatic rings. The van der Waals surface area contributed by atoms with Gasteiger partial charge in [-0.2, -0.15) is 0 Å². The summed E-state index contributed by atoms with van der Waals surface area (Å²) in [5.41, 5.74) is 1.76. The quantitative estimate of drug-likeness (QED) is 0.730. The highest BCUT2D eigenvalue weighted by molar-refractivity contribution is 6.42. The van der Waals surface area contributed by atoms with E-state index in [-0.39, 0.29) is 12.0 Å². The maximum absolute atomic E-state index is 12.2. The van der Waals surface area contributed by atoms with Crippen LogP contribution in [0.2, 0.25) is 10.0 Å². The van der Waals surface area contributed by atoms with Crippen molar-refractivity contribution in [2.75, 3.05) is 25.5 Å². The standard InChI is InChI=1S/C21H24Cl2N2O2/c1-25-12-10-18(11-13-25)27-17-6-4-16(5-7-17)24-21(26)9-3-15-2-8-19(22)20(23)14-15/h2,4-8,14,18H,3,9-13H2,1H3,(H,24,26). The van der Waals surface area contributed by atoms with Crippen LogP contribution in [0, 0.1) is 0 Å². The zero-order chi connectivity index (χ0) is 19.2. The Balaban J connectivity index is 1.46. The fraction of sp³-hybridized carbons (Fsp3) is 0.381. The van der Waals surface area contributed by atoms with Crippen LogP contribution in [0.15, 0.2) is 42.5 Å². The van der Waals surface area contributed by atoms with Crippen LogP contribution in [0.5, 0.6) is 5.75 Å². The van der Waals surface area contributed by atoms with Crippen molar-refractivity contribution < 1.29 is 9.53 Å². The van der Waals surface area contributed by atoms with E-state index in [0.29, 0.717) is 22.9 Å². The van der Waals surface area contributed by atoms with Crippen molar-refractivity contribution >= 4 is 34.8 Å². The van der Waals surface area contributed by atoms with Crippen LogP contribution in [0.1, 0.15) is 24.8 Å². The van der Waals surface area contributed by atoms with Gasteiger partial charge < -0.3 is 15.0 Å². The normalized spacial score (nSPS) is 15.5. The van der Waals surface area contributed by atoms with Crippen LogP contribution in [0.4, 0.5) is 5.69 Å². The van der Waals surface area contributed by atoms with E-state index in [4.69, 9.17) is 27.9 Å². The number of nitrogens with zero attached hydrogens (tertiary/aromatic N) is 1. The van der Waals surface area contributed by atoms with Crippen LogP contribution in [-0.4, -0.2) is 37.0 Å². The summed E-state index contributed by atoms with van der Waals surface area (Å²) in [5.74, 6) is 0.809. The summed E-state index contributed by atoms with van der Waals surface area (Å²) in [7, 11) is 2.13. The second kappa shape index (κ2) is 9.45. The third-order valence-corrected chi connectivity index (χ3v) is 5.47. The molecule has 1 aliphatic heterocycles. The Bertz CT molecular complexity index is 772. The van der Waals surface area contributed by atoms with E-state index in [1.54, 1.807) is 12.1 Å². The molecular formula is C21H24Cl2N2O2. The molecule has 0 spiro atoms. The van der Waals surface area contributed by atoms with Crippen molar-refractivity contribution in [1.82, 2.24) is 4.90 Å². The zero-order valence-corrected chi connectivity index (χ0v) is 16.9. The van der Waals surface area contributed by atoms with Crippen molar-refractivity contribution in [3.8, 4) is 5.75 Å². The summed E-state index contributed by atoms with van der Waals surface area (Å²) in [5, 5.41) is 3.94. The summed E-state index contributed by atoms with van der Waals surface area (Å²) >= 11 is 11.9. The second-order valence-electron chi connectivity index (χ2n) is 6.94. The van der Waals surface area contributed by atoms with Gasteiger partial charge in [0.2, 0.25) is 5.91 Å². The van der Waals surface area contributed by atoms with E-state index in [1.807, 2.05) is 30.3 Å². The Morgan fingerprint density at radius 1 is 1.11 bits per heavy atom. The number of halogens is 2. The molecule has 1 amide bonds. The van der Waals surface area contributed by atoms with Crippen LogP contribution in [-0.2, 0) is 11.2 Å². The number of hydrogen-bond acceptors (Lipinski definition) is 3. The van der Waals surface area contributed by atoms with E-state index in [9.17, 15) is 4.79 Å². The molecular weight excluding hydrogens is 383 g/mol. The summed E-state index contributed by atoms with van der Waals surface area (Å²) in [6.45, 7) is 2.13. The number of hydrogen-bond donors (Lipinski definition) is 1. The highest BCUT2D eigenvalue weighted by atomic mass is 35.5. The lowest BCUT2D eigenvalue weighted by molar-refractivity contribution is -0.116. The Morgan fingerprint density at radius 2 is 1.81 bits per heavy atom. The highest BCUT2D eigenvalue weighted by Gasteiger charge is 2.17. The first-order chi connectivity index (χ1) is 13.0. The van der Waals surface area contributed by atoms with E-state index < -0.39 is 0 Å². The number of ether oxygens (including phenoxy) is 1. The Morgan fingerprint density at radius 3 is 2.48 bits per heavy atom. The molecule has 1 heterocycles. The van der Waals surface area contributed by atoms with Gasteiger partial charge in [-0.15, -0.1) is 0 Å². The molecule has 1 fully saturated rings. The predicted molar refractivity (Wildman–Crippen MR) is 111 cm³/mol. The number of amides is 1. The van der Waals surface area contributed by atoms with Crippen LogP contribution >= 0.6 is 23.2 Å². The lowest BCUT2D eigenvalue weighted by atomic mass is 10.1. The number of aryl methyl sites for hydroxylation is 1. The third-order valence-electron chi connectivity index (χ3n) is 4.73. The monoisotopic (exact) mass is 406 g/mol. The number of benzene rings is 2. The molecule has 2 aromatic carbocycles. The molecule has 1 N–H and O–H groups in total. The average molecular weight is 407 g/mol.